The first-order valence-corrected chi connectivity index (χ1v) is 5.36. The predicted octanol–water partition coefficient (Wildman–Crippen LogP) is 1.26. The van der Waals surface area contributed by atoms with Crippen molar-refractivity contribution in [3.05, 3.63) is 36.3 Å². The average Bonchev–Trinajstić information content (AvgIpc) is 2.70. The number of nitrogens with zero attached hydrogens (tertiary/aromatic N) is 4. The van der Waals surface area contributed by atoms with E-state index in [1.165, 1.54) is 0 Å². The molecule has 0 bridgehead atoms. The van der Waals surface area contributed by atoms with Crippen molar-refractivity contribution in [2.75, 3.05) is 5.73 Å². The Balaban J connectivity index is 2.20. The normalized spacial score (nSPS) is 10.6. The Hall–Kier alpha value is -1.91. The summed E-state index contributed by atoms with van der Waals surface area (Å²) in [5.74, 6) is 1.46. The van der Waals surface area contributed by atoms with Gasteiger partial charge in [-0.05, 0) is 6.42 Å². The van der Waals surface area contributed by atoms with Crippen LogP contribution in [0.1, 0.15) is 24.9 Å². The van der Waals surface area contributed by atoms with Crippen molar-refractivity contribution in [2.24, 2.45) is 0 Å². The van der Waals surface area contributed by atoms with Crippen molar-refractivity contribution in [1.82, 2.24) is 19.5 Å². The maximum absolute atomic E-state index is 5.75. The molecule has 0 spiro atoms. The molecule has 0 unspecified atom stereocenters. The van der Waals surface area contributed by atoms with E-state index in [0.29, 0.717) is 12.2 Å². The number of anilines is 1. The highest BCUT2D eigenvalue weighted by molar-refractivity contribution is 5.34. The lowest BCUT2D eigenvalue weighted by Gasteiger charge is -2.06. The van der Waals surface area contributed by atoms with Crippen molar-refractivity contribution in [3.63, 3.8) is 0 Å². The van der Waals surface area contributed by atoms with E-state index < -0.39 is 0 Å². The van der Waals surface area contributed by atoms with Crippen LogP contribution in [-0.4, -0.2) is 19.5 Å². The smallest absolute Gasteiger partial charge is 0.145 e. The van der Waals surface area contributed by atoms with Crippen LogP contribution < -0.4 is 5.73 Å². The maximum atomic E-state index is 5.75. The molecule has 0 radical (unpaired) electrons. The van der Waals surface area contributed by atoms with E-state index in [1.807, 2.05) is 6.20 Å². The molecule has 5 nitrogen and oxygen atoms in total. The summed E-state index contributed by atoms with van der Waals surface area (Å²) in [6.07, 6.45) is 8.74. The van der Waals surface area contributed by atoms with Gasteiger partial charge in [0, 0.05) is 31.3 Å². The molecule has 0 amide bonds. The van der Waals surface area contributed by atoms with Crippen LogP contribution in [0.25, 0.3) is 0 Å². The molecular formula is C11H15N5. The molecule has 2 N–H and O–H groups in total. The standard InChI is InChI=1S/C11H15N5/c1-2-6-16-7-5-14-10(16)8-9-11(12)15-4-3-13-9/h3-5,7H,2,6,8H2,1H3,(H2,12,15). The molecule has 0 fully saturated rings. The van der Waals surface area contributed by atoms with Crippen LogP contribution in [-0.2, 0) is 13.0 Å². The lowest BCUT2D eigenvalue weighted by Crippen LogP contribution is -2.07. The molecule has 0 aromatic carbocycles. The zero-order chi connectivity index (χ0) is 11.4. The summed E-state index contributed by atoms with van der Waals surface area (Å²) in [5, 5.41) is 0. The van der Waals surface area contributed by atoms with Gasteiger partial charge in [0.25, 0.3) is 0 Å². The van der Waals surface area contributed by atoms with E-state index in [1.54, 1.807) is 18.6 Å². The summed E-state index contributed by atoms with van der Waals surface area (Å²) in [4.78, 5) is 12.5. The minimum atomic E-state index is 0.480. The highest BCUT2D eigenvalue weighted by Gasteiger charge is 2.07. The fourth-order valence-electron chi connectivity index (χ4n) is 1.62. The van der Waals surface area contributed by atoms with Gasteiger partial charge in [0.15, 0.2) is 0 Å². The Kier molecular flexibility index (Phi) is 3.14. The second kappa shape index (κ2) is 4.74. The van der Waals surface area contributed by atoms with Gasteiger partial charge in [0.1, 0.15) is 11.6 Å². The third-order valence-electron chi connectivity index (χ3n) is 2.40. The molecule has 2 heterocycles. The molecule has 0 aliphatic heterocycles. The van der Waals surface area contributed by atoms with Gasteiger partial charge in [0.2, 0.25) is 0 Å². The molecule has 2 aromatic heterocycles. The molecule has 84 valence electrons. The third kappa shape index (κ3) is 2.18. The second-order valence-electron chi connectivity index (χ2n) is 3.60. The summed E-state index contributed by atoms with van der Waals surface area (Å²) in [5.41, 5.74) is 6.53. The van der Waals surface area contributed by atoms with Crippen LogP contribution in [0.4, 0.5) is 5.82 Å². The van der Waals surface area contributed by atoms with Gasteiger partial charge in [-0.25, -0.2) is 9.97 Å². The van der Waals surface area contributed by atoms with Crippen molar-refractivity contribution in [1.29, 1.82) is 0 Å². The zero-order valence-electron chi connectivity index (χ0n) is 9.30. The molecule has 0 aliphatic rings. The van der Waals surface area contributed by atoms with Gasteiger partial charge in [-0.15, -0.1) is 0 Å². The number of imidazole rings is 1. The quantitative estimate of drug-likeness (QED) is 0.837. The van der Waals surface area contributed by atoms with Crippen molar-refractivity contribution >= 4 is 5.82 Å². The van der Waals surface area contributed by atoms with E-state index in [0.717, 1.165) is 24.5 Å². The number of aryl methyl sites for hydroxylation is 1. The summed E-state index contributed by atoms with van der Waals surface area (Å²) >= 11 is 0. The number of hydrogen-bond donors (Lipinski definition) is 1. The molecule has 0 saturated carbocycles. The van der Waals surface area contributed by atoms with Crippen LogP contribution in [0.3, 0.4) is 0 Å². The summed E-state index contributed by atoms with van der Waals surface area (Å²) in [6.45, 7) is 3.11. The number of hydrogen-bond acceptors (Lipinski definition) is 4. The Morgan fingerprint density at radius 3 is 2.75 bits per heavy atom. The summed E-state index contributed by atoms with van der Waals surface area (Å²) in [6, 6.07) is 0. The lowest BCUT2D eigenvalue weighted by molar-refractivity contribution is 0.645. The third-order valence-corrected chi connectivity index (χ3v) is 2.40. The van der Waals surface area contributed by atoms with E-state index in [-0.39, 0.29) is 0 Å². The van der Waals surface area contributed by atoms with Crippen LogP contribution in [0, 0.1) is 0 Å². The molecule has 2 rings (SSSR count). The van der Waals surface area contributed by atoms with Gasteiger partial charge in [-0.3, -0.25) is 4.98 Å². The monoisotopic (exact) mass is 217 g/mol. The lowest BCUT2D eigenvalue weighted by atomic mass is 10.3. The first-order valence-electron chi connectivity index (χ1n) is 5.36. The van der Waals surface area contributed by atoms with Gasteiger partial charge in [0.05, 0.1) is 12.1 Å². The maximum Gasteiger partial charge on any atom is 0.145 e. The molecule has 5 heteroatoms. The number of nitrogen functional groups attached to an aromatic ring is 1. The van der Waals surface area contributed by atoms with Crippen LogP contribution in [0.15, 0.2) is 24.8 Å². The molecule has 0 saturated heterocycles. The molecular weight excluding hydrogens is 202 g/mol. The van der Waals surface area contributed by atoms with Crippen LogP contribution >= 0.6 is 0 Å². The van der Waals surface area contributed by atoms with Gasteiger partial charge in [-0.1, -0.05) is 6.92 Å². The number of nitrogens with two attached hydrogens (primary N) is 1. The van der Waals surface area contributed by atoms with Crippen molar-refractivity contribution in [3.8, 4) is 0 Å². The highest BCUT2D eigenvalue weighted by atomic mass is 15.1. The minimum Gasteiger partial charge on any atom is -0.382 e. The van der Waals surface area contributed by atoms with Crippen molar-refractivity contribution in [2.45, 2.75) is 26.3 Å². The van der Waals surface area contributed by atoms with E-state index in [2.05, 4.69) is 26.4 Å². The molecule has 0 atom stereocenters. The van der Waals surface area contributed by atoms with Gasteiger partial charge in [-0.2, -0.15) is 0 Å². The Bertz CT molecular complexity index is 463. The summed E-state index contributed by atoms with van der Waals surface area (Å²) < 4.78 is 2.12. The van der Waals surface area contributed by atoms with Crippen molar-refractivity contribution < 1.29 is 0 Å². The Morgan fingerprint density at radius 1 is 1.19 bits per heavy atom. The largest absolute Gasteiger partial charge is 0.382 e. The van der Waals surface area contributed by atoms with E-state index in [4.69, 9.17) is 5.73 Å². The highest BCUT2D eigenvalue weighted by Crippen LogP contribution is 2.10. The molecule has 16 heavy (non-hydrogen) atoms. The SMILES string of the molecule is CCCn1ccnc1Cc1nccnc1N. The zero-order valence-corrected chi connectivity index (χ0v) is 9.30. The topological polar surface area (TPSA) is 69.6 Å². The Labute approximate surface area is 94.4 Å². The van der Waals surface area contributed by atoms with Gasteiger partial charge >= 0.3 is 0 Å². The van der Waals surface area contributed by atoms with Crippen LogP contribution in [0.5, 0.6) is 0 Å². The predicted molar refractivity (Wildman–Crippen MR) is 61.8 cm³/mol. The van der Waals surface area contributed by atoms with E-state index >= 15 is 0 Å². The van der Waals surface area contributed by atoms with Crippen LogP contribution in [0.2, 0.25) is 0 Å². The fourth-order valence-corrected chi connectivity index (χ4v) is 1.62. The van der Waals surface area contributed by atoms with Gasteiger partial charge < -0.3 is 10.3 Å². The summed E-state index contributed by atoms with van der Waals surface area (Å²) in [7, 11) is 0. The second-order valence-corrected chi connectivity index (χ2v) is 3.60. The minimum absolute atomic E-state index is 0.480. The van der Waals surface area contributed by atoms with E-state index in [9.17, 15) is 0 Å². The Morgan fingerprint density at radius 2 is 2.00 bits per heavy atom. The molecule has 2 aromatic rings. The number of aromatic nitrogens is 4. The first-order chi connectivity index (χ1) is 7.81. The number of rotatable bonds is 4. The fraction of sp³-hybridized carbons (Fsp3) is 0.364. The average molecular weight is 217 g/mol. The first kappa shape index (κ1) is 10.6. The molecule has 0 aliphatic carbocycles.